The molecular formula is C9H11BrN2. The highest BCUT2D eigenvalue weighted by Gasteiger charge is 2.09. The summed E-state index contributed by atoms with van der Waals surface area (Å²) in [5, 5.41) is 8.79. The summed E-state index contributed by atoms with van der Waals surface area (Å²) < 4.78 is 3.08. The van der Waals surface area contributed by atoms with Crippen LogP contribution in [0.5, 0.6) is 0 Å². The normalized spacial score (nSPS) is 9.83. The van der Waals surface area contributed by atoms with E-state index in [0.29, 0.717) is 0 Å². The largest absolute Gasteiger partial charge is 0.336 e. The van der Waals surface area contributed by atoms with E-state index in [4.69, 9.17) is 5.26 Å². The maximum absolute atomic E-state index is 8.79. The lowest BCUT2D eigenvalue weighted by molar-refractivity contribution is 0.710. The highest BCUT2D eigenvalue weighted by atomic mass is 79.9. The van der Waals surface area contributed by atoms with Gasteiger partial charge in [0, 0.05) is 16.7 Å². The molecule has 0 amide bonds. The summed E-state index contributed by atoms with van der Waals surface area (Å²) in [6.07, 6.45) is 0.954. The van der Waals surface area contributed by atoms with Crippen LogP contribution in [0.25, 0.3) is 0 Å². The van der Waals surface area contributed by atoms with Crippen LogP contribution in [0.1, 0.15) is 25.2 Å². The smallest absolute Gasteiger partial charge is 0.121 e. The minimum atomic E-state index is 0.737. The predicted octanol–water partition coefficient (Wildman–Crippen LogP) is 2.70. The number of nitriles is 1. The molecule has 12 heavy (non-hydrogen) atoms. The second-order valence-electron chi connectivity index (χ2n) is 2.53. The van der Waals surface area contributed by atoms with Crippen LogP contribution in [-0.2, 0) is 13.0 Å². The van der Waals surface area contributed by atoms with Gasteiger partial charge in [0.1, 0.15) is 11.8 Å². The van der Waals surface area contributed by atoms with Crippen molar-refractivity contribution in [3.63, 3.8) is 0 Å². The molecule has 1 aromatic rings. The van der Waals surface area contributed by atoms with E-state index in [1.54, 1.807) is 0 Å². The zero-order valence-corrected chi connectivity index (χ0v) is 8.85. The van der Waals surface area contributed by atoms with Crippen molar-refractivity contribution in [3.8, 4) is 6.07 Å². The van der Waals surface area contributed by atoms with Gasteiger partial charge in [-0.2, -0.15) is 5.26 Å². The SMILES string of the molecule is CCc1c(Br)cc(C#N)n1CC. The van der Waals surface area contributed by atoms with Crippen LogP contribution < -0.4 is 0 Å². The highest BCUT2D eigenvalue weighted by Crippen LogP contribution is 2.21. The van der Waals surface area contributed by atoms with Gasteiger partial charge in [-0.15, -0.1) is 0 Å². The van der Waals surface area contributed by atoms with E-state index in [1.807, 2.05) is 17.6 Å². The summed E-state index contributed by atoms with van der Waals surface area (Å²) in [6.45, 7) is 5.00. The lowest BCUT2D eigenvalue weighted by Crippen LogP contribution is -2.01. The zero-order valence-electron chi connectivity index (χ0n) is 7.26. The number of nitrogens with zero attached hydrogens (tertiary/aromatic N) is 2. The summed E-state index contributed by atoms with van der Waals surface area (Å²) in [4.78, 5) is 0. The molecule has 0 spiro atoms. The monoisotopic (exact) mass is 226 g/mol. The van der Waals surface area contributed by atoms with Crippen molar-refractivity contribution in [2.45, 2.75) is 26.8 Å². The first-order valence-electron chi connectivity index (χ1n) is 4.02. The van der Waals surface area contributed by atoms with Gasteiger partial charge in [0.25, 0.3) is 0 Å². The molecule has 0 unspecified atom stereocenters. The van der Waals surface area contributed by atoms with Crippen molar-refractivity contribution < 1.29 is 0 Å². The summed E-state index contributed by atoms with van der Waals surface area (Å²) in [5.74, 6) is 0. The second kappa shape index (κ2) is 3.77. The third kappa shape index (κ3) is 1.39. The van der Waals surface area contributed by atoms with E-state index in [0.717, 1.165) is 23.1 Å². The van der Waals surface area contributed by atoms with Crippen LogP contribution in [0.3, 0.4) is 0 Å². The Kier molecular flexibility index (Phi) is 2.93. The first-order valence-corrected chi connectivity index (χ1v) is 4.81. The molecule has 0 aliphatic rings. The van der Waals surface area contributed by atoms with Gasteiger partial charge in [-0.05, 0) is 35.3 Å². The number of aromatic nitrogens is 1. The summed E-state index contributed by atoms with van der Waals surface area (Å²) >= 11 is 3.44. The van der Waals surface area contributed by atoms with E-state index >= 15 is 0 Å². The predicted molar refractivity (Wildman–Crippen MR) is 51.9 cm³/mol. The Morgan fingerprint density at radius 1 is 1.58 bits per heavy atom. The minimum Gasteiger partial charge on any atom is -0.336 e. The zero-order chi connectivity index (χ0) is 9.14. The lowest BCUT2D eigenvalue weighted by atomic mass is 10.3. The Morgan fingerprint density at radius 3 is 2.67 bits per heavy atom. The fraction of sp³-hybridized carbons (Fsp3) is 0.444. The van der Waals surface area contributed by atoms with Crippen LogP contribution in [-0.4, -0.2) is 4.57 Å². The third-order valence-corrected chi connectivity index (χ3v) is 2.61. The summed E-state index contributed by atoms with van der Waals surface area (Å²) in [6, 6.07) is 4.05. The maximum Gasteiger partial charge on any atom is 0.121 e. The minimum absolute atomic E-state index is 0.737. The molecule has 0 radical (unpaired) electrons. The molecule has 0 saturated carbocycles. The molecule has 64 valence electrons. The Labute approximate surface area is 80.9 Å². The molecule has 0 fully saturated rings. The Bertz CT molecular complexity index is 320. The first-order chi connectivity index (χ1) is 5.74. The van der Waals surface area contributed by atoms with Crippen molar-refractivity contribution >= 4 is 15.9 Å². The molecule has 0 aromatic carbocycles. The summed E-state index contributed by atoms with van der Waals surface area (Å²) in [5.41, 5.74) is 1.94. The number of hydrogen-bond acceptors (Lipinski definition) is 1. The Hall–Kier alpha value is -0.750. The maximum atomic E-state index is 8.79. The standard InChI is InChI=1S/C9H11BrN2/c1-3-9-8(10)5-7(6-11)12(9)4-2/h5H,3-4H2,1-2H3. The van der Waals surface area contributed by atoms with Gasteiger partial charge >= 0.3 is 0 Å². The average molecular weight is 227 g/mol. The van der Waals surface area contributed by atoms with Crippen molar-refractivity contribution in [1.29, 1.82) is 5.26 Å². The molecule has 0 saturated heterocycles. The first kappa shape index (κ1) is 9.34. The van der Waals surface area contributed by atoms with Gasteiger partial charge in [-0.25, -0.2) is 0 Å². The molecule has 0 aliphatic carbocycles. The molecule has 1 aromatic heterocycles. The molecule has 1 rings (SSSR count). The van der Waals surface area contributed by atoms with E-state index in [9.17, 15) is 0 Å². The van der Waals surface area contributed by atoms with E-state index in [1.165, 1.54) is 5.69 Å². The number of hydrogen-bond donors (Lipinski definition) is 0. The van der Waals surface area contributed by atoms with Gasteiger partial charge in [-0.3, -0.25) is 0 Å². The van der Waals surface area contributed by atoms with Crippen molar-refractivity contribution in [2.24, 2.45) is 0 Å². The van der Waals surface area contributed by atoms with Gasteiger partial charge in [0.2, 0.25) is 0 Å². The molecule has 0 bridgehead atoms. The van der Waals surface area contributed by atoms with Crippen LogP contribution in [0.4, 0.5) is 0 Å². The Balaban J connectivity index is 3.28. The summed E-state index contributed by atoms with van der Waals surface area (Å²) in [7, 11) is 0. The van der Waals surface area contributed by atoms with Crippen LogP contribution in [0.15, 0.2) is 10.5 Å². The average Bonchev–Trinajstić information content (AvgIpc) is 2.40. The molecule has 0 atom stereocenters. The van der Waals surface area contributed by atoms with Gasteiger partial charge < -0.3 is 4.57 Å². The highest BCUT2D eigenvalue weighted by molar-refractivity contribution is 9.10. The molecule has 1 heterocycles. The molecule has 3 heteroatoms. The molecule has 0 aliphatic heterocycles. The quantitative estimate of drug-likeness (QED) is 0.763. The van der Waals surface area contributed by atoms with Gasteiger partial charge in [0.15, 0.2) is 0 Å². The fourth-order valence-corrected chi connectivity index (χ4v) is 2.08. The molecule has 0 N–H and O–H groups in total. The van der Waals surface area contributed by atoms with Crippen LogP contribution >= 0.6 is 15.9 Å². The second-order valence-corrected chi connectivity index (χ2v) is 3.39. The van der Waals surface area contributed by atoms with Gasteiger partial charge in [-0.1, -0.05) is 6.92 Å². The van der Waals surface area contributed by atoms with Gasteiger partial charge in [0.05, 0.1) is 0 Å². The molecule has 2 nitrogen and oxygen atoms in total. The lowest BCUT2D eigenvalue weighted by Gasteiger charge is -2.04. The van der Waals surface area contributed by atoms with E-state index in [-0.39, 0.29) is 0 Å². The van der Waals surface area contributed by atoms with E-state index in [2.05, 4.69) is 28.9 Å². The van der Waals surface area contributed by atoms with Crippen molar-refractivity contribution in [3.05, 3.63) is 21.9 Å². The van der Waals surface area contributed by atoms with Crippen LogP contribution in [0, 0.1) is 11.3 Å². The third-order valence-electron chi connectivity index (χ3n) is 1.92. The Morgan fingerprint density at radius 2 is 2.25 bits per heavy atom. The van der Waals surface area contributed by atoms with E-state index < -0.39 is 0 Å². The number of rotatable bonds is 2. The van der Waals surface area contributed by atoms with Crippen molar-refractivity contribution in [2.75, 3.05) is 0 Å². The van der Waals surface area contributed by atoms with Crippen molar-refractivity contribution in [1.82, 2.24) is 4.57 Å². The molecular weight excluding hydrogens is 216 g/mol. The topological polar surface area (TPSA) is 28.7 Å². The fourth-order valence-electron chi connectivity index (χ4n) is 1.37. The number of halogens is 1. The van der Waals surface area contributed by atoms with Crippen LogP contribution in [0.2, 0.25) is 0 Å².